The van der Waals surface area contributed by atoms with E-state index < -0.39 is 18.0 Å². The maximum absolute atomic E-state index is 13.7. The van der Waals surface area contributed by atoms with Crippen molar-refractivity contribution in [2.75, 3.05) is 11.9 Å². The Labute approximate surface area is 165 Å². The number of hydrogen-bond acceptors (Lipinski definition) is 1. The second kappa shape index (κ2) is 8.17. The van der Waals surface area contributed by atoms with E-state index in [1.807, 2.05) is 36.4 Å². The van der Waals surface area contributed by atoms with Gasteiger partial charge in [0.25, 0.3) is 0 Å². The standard InChI is InChI=1S/C22H19BrF3N/c23-19-13-11-18(12-14-19)21(15-22(24,25)26,17-7-3-1-4-8-17)16-27-20-9-5-2-6-10-20/h1-14,27H,15-16H2. The molecule has 0 aliphatic heterocycles. The van der Waals surface area contributed by atoms with E-state index in [-0.39, 0.29) is 6.54 Å². The van der Waals surface area contributed by atoms with Gasteiger partial charge in [0.05, 0.1) is 6.42 Å². The van der Waals surface area contributed by atoms with E-state index in [4.69, 9.17) is 0 Å². The SMILES string of the molecule is FC(F)(F)CC(CNc1ccccc1)(c1ccccc1)c1ccc(Br)cc1. The highest BCUT2D eigenvalue weighted by atomic mass is 79.9. The second-order valence-electron chi connectivity index (χ2n) is 6.47. The zero-order valence-corrected chi connectivity index (χ0v) is 16.1. The lowest BCUT2D eigenvalue weighted by Crippen LogP contribution is -2.40. The highest BCUT2D eigenvalue weighted by molar-refractivity contribution is 9.10. The monoisotopic (exact) mass is 433 g/mol. The molecule has 0 saturated carbocycles. The summed E-state index contributed by atoms with van der Waals surface area (Å²) in [6.07, 6.45) is -5.27. The average molecular weight is 434 g/mol. The molecule has 0 fully saturated rings. The van der Waals surface area contributed by atoms with E-state index in [0.29, 0.717) is 11.1 Å². The molecule has 0 heterocycles. The molecule has 0 amide bonds. The molecule has 0 saturated heterocycles. The van der Waals surface area contributed by atoms with Gasteiger partial charge in [0.1, 0.15) is 0 Å². The summed E-state index contributed by atoms with van der Waals surface area (Å²) in [5.41, 5.74) is 0.804. The predicted octanol–water partition coefficient (Wildman–Crippen LogP) is 6.80. The van der Waals surface area contributed by atoms with Crippen LogP contribution < -0.4 is 5.32 Å². The Kier molecular flexibility index (Phi) is 5.90. The summed E-state index contributed by atoms with van der Waals surface area (Å²) in [5, 5.41) is 3.21. The van der Waals surface area contributed by atoms with Gasteiger partial charge in [-0.1, -0.05) is 76.6 Å². The molecule has 3 aromatic carbocycles. The van der Waals surface area contributed by atoms with Crippen molar-refractivity contribution in [3.63, 3.8) is 0 Å². The molecule has 0 bridgehead atoms. The Hall–Kier alpha value is -2.27. The minimum Gasteiger partial charge on any atom is -0.384 e. The first-order valence-corrected chi connectivity index (χ1v) is 9.36. The second-order valence-corrected chi connectivity index (χ2v) is 7.38. The fourth-order valence-corrected chi connectivity index (χ4v) is 3.58. The summed E-state index contributed by atoms with van der Waals surface area (Å²) < 4.78 is 41.9. The molecule has 140 valence electrons. The van der Waals surface area contributed by atoms with Crippen molar-refractivity contribution in [3.05, 3.63) is 101 Å². The minimum atomic E-state index is -4.32. The molecule has 5 heteroatoms. The maximum atomic E-state index is 13.7. The van der Waals surface area contributed by atoms with Gasteiger partial charge >= 0.3 is 6.18 Å². The lowest BCUT2D eigenvalue weighted by molar-refractivity contribution is -0.144. The zero-order valence-electron chi connectivity index (χ0n) is 14.5. The summed E-state index contributed by atoms with van der Waals surface area (Å²) >= 11 is 3.37. The Morgan fingerprint density at radius 1 is 0.704 bits per heavy atom. The van der Waals surface area contributed by atoms with E-state index >= 15 is 0 Å². The highest BCUT2D eigenvalue weighted by Gasteiger charge is 2.44. The zero-order chi connectivity index (χ0) is 19.3. The number of hydrogen-bond donors (Lipinski definition) is 1. The third-order valence-electron chi connectivity index (χ3n) is 4.59. The molecule has 0 aliphatic rings. The van der Waals surface area contributed by atoms with Crippen LogP contribution in [-0.4, -0.2) is 12.7 Å². The van der Waals surface area contributed by atoms with Crippen LogP contribution in [0.25, 0.3) is 0 Å². The number of alkyl halides is 3. The smallest absolute Gasteiger partial charge is 0.384 e. The van der Waals surface area contributed by atoms with Crippen LogP contribution in [-0.2, 0) is 5.41 Å². The summed E-state index contributed by atoms with van der Waals surface area (Å²) in [5.74, 6) is 0. The normalized spacial score (nSPS) is 13.8. The van der Waals surface area contributed by atoms with Crippen LogP contribution >= 0.6 is 15.9 Å². The third-order valence-corrected chi connectivity index (χ3v) is 5.12. The summed E-state index contributed by atoms with van der Waals surface area (Å²) in [7, 11) is 0. The van der Waals surface area contributed by atoms with E-state index in [2.05, 4.69) is 21.2 Å². The molecule has 1 N–H and O–H groups in total. The lowest BCUT2D eigenvalue weighted by atomic mass is 9.71. The number of para-hydroxylation sites is 1. The van der Waals surface area contributed by atoms with Gasteiger partial charge in [0.2, 0.25) is 0 Å². The first-order valence-electron chi connectivity index (χ1n) is 8.56. The number of halogens is 4. The van der Waals surface area contributed by atoms with E-state index in [1.54, 1.807) is 48.5 Å². The minimum absolute atomic E-state index is 0.127. The van der Waals surface area contributed by atoms with Crippen molar-refractivity contribution >= 4 is 21.6 Å². The van der Waals surface area contributed by atoms with Crippen LogP contribution in [0.4, 0.5) is 18.9 Å². The van der Waals surface area contributed by atoms with Crippen LogP contribution in [0.15, 0.2) is 89.4 Å². The molecule has 0 radical (unpaired) electrons. The third kappa shape index (κ3) is 4.92. The van der Waals surface area contributed by atoms with Crippen LogP contribution in [0.3, 0.4) is 0 Å². The van der Waals surface area contributed by atoms with Crippen molar-refractivity contribution in [1.82, 2.24) is 0 Å². The van der Waals surface area contributed by atoms with Crippen molar-refractivity contribution in [3.8, 4) is 0 Å². The first-order chi connectivity index (χ1) is 12.9. The summed E-state index contributed by atoms with van der Waals surface area (Å²) in [4.78, 5) is 0. The molecule has 3 aromatic rings. The molecular formula is C22H19BrF3N. The van der Waals surface area contributed by atoms with Crippen molar-refractivity contribution in [1.29, 1.82) is 0 Å². The van der Waals surface area contributed by atoms with Gasteiger partial charge in [-0.2, -0.15) is 13.2 Å². The number of nitrogens with one attached hydrogen (secondary N) is 1. The first kappa shape index (κ1) is 19.5. The Morgan fingerprint density at radius 3 is 1.78 bits per heavy atom. The van der Waals surface area contributed by atoms with Crippen LogP contribution in [0.1, 0.15) is 17.5 Å². The fourth-order valence-electron chi connectivity index (χ4n) is 3.31. The Morgan fingerprint density at radius 2 is 1.22 bits per heavy atom. The van der Waals surface area contributed by atoms with Gasteiger partial charge in [-0.3, -0.25) is 0 Å². The number of anilines is 1. The number of rotatable bonds is 6. The van der Waals surface area contributed by atoms with E-state index in [9.17, 15) is 13.2 Å². The van der Waals surface area contributed by atoms with E-state index in [1.165, 1.54) is 0 Å². The summed E-state index contributed by atoms with van der Waals surface area (Å²) in [6, 6.07) is 25.3. The fraction of sp³-hybridized carbons (Fsp3) is 0.182. The van der Waals surface area contributed by atoms with Crippen molar-refractivity contribution < 1.29 is 13.2 Å². The van der Waals surface area contributed by atoms with Gasteiger partial charge in [0, 0.05) is 22.1 Å². The molecular weight excluding hydrogens is 415 g/mol. The molecule has 3 rings (SSSR count). The predicted molar refractivity (Wildman–Crippen MR) is 107 cm³/mol. The van der Waals surface area contributed by atoms with Crippen molar-refractivity contribution in [2.45, 2.75) is 18.0 Å². The molecule has 0 aliphatic carbocycles. The highest BCUT2D eigenvalue weighted by Crippen LogP contribution is 2.42. The topological polar surface area (TPSA) is 12.0 Å². The Balaban J connectivity index is 2.10. The quantitative estimate of drug-likeness (QED) is 0.450. The van der Waals surface area contributed by atoms with Crippen molar-refractivity contribution in [2.24, 2.45) is 0 Å². The lowest BCUT2D eigenvalue weighted by Gasteiger charge is -2.36. The van der Waals surface area contributed by atoms with Crippen LogP contribution in [0.5, 0.6) is 0 Å². The van der Waals surface area contributed by atoms with Gasteiger partial charge < -0.3 is 5.32 Å². The molecule has 0 spiro atoms. The van der Waals surface area contributed by atoms with Gasteiger partial charge in [-0.05, 0) is 35.4 Å². The van der Waals surface area contributed by atoms with Crippen LogP contribution in [0, 0.1) is 0 Å². The molecule has 1 nitrogen and oxygen atoms in total. The molecule has 0 aromatic heterocycles. The van der Waals surface area contributed by atoms with Crippen LogP contribution in [0.2, 0.25) is 0 Å². The molecule has 1 unspecified atom stereocenters. The average Bonchev–Trinajstić information content (AvgIpc) is 2.66. The Bertz CT molecular complexity index is 848. The molecule has 27 heavy (non-hydrogen) atoms. The largest absolute Gasteiger partial charge is 0.390 e. The van der Waals surface area contributed by atoms with Gasteiger partial charge in [-0.25, -0.2) is 0 Å². The maximum Gasteiger partial charge on any atom is 0.390 e. The van der Waals surface area contributed by atoms with Gasteiger partial charge in [0.15, 0.2) is 0 Å². The number of benzene rings is 3. The summed E-state index contributed by atoms with van der Waals surface area (Å²) in [6.45, 7) is 0.127. The molecule has 1 atom stereocenters. The van der Waals surface area contributed by atoms with E-state index in [0.717, 1.165) is 10.2 Å². The van der Waals surface area contributed by atoms with Gasteiger partial charge in [-0.15, -0.1) is 0 Å².